The molecule has 2 aromatic carbocycles. The molecule has 2 heterocycles. The van der Waals surface area contributed by atoms with Crippen molar-refractivity contribution in [3.8, 4) is 5.69 Å². The molecule has 30 heavy (non-hydrogen) atoms. The summed E-state index contributed by atoms with van der Waals surface area (Å²) in [5, 5.41) is 9.52. The van der Waals surface area contributed by atoms with E-state index in [0.717, 1.165) is 22.2 Å². The second kappa shape index (κ2) is 8.54. The van der Waals surface area contributed by atoms with Crippen LogP contribution < -0.4 is 11.2 Å². The lowest BCUT2D eigenvalue weighted by atomic mass is 10.2. The highest BCUT2D eigenvalue weighted by atomic mass is 32.2. The van der Waals surface area contributed by atoms with Crippen LogP contribution in [0.4, 0.5) is 0 Å². The highest BCUT2D eigenvalue weighted by molar-refractivity contribution is 7.98. The Balaban J connectivity index is 1.71. The van der Waals surface area contributed by atoms with Crippen LogP contribution in [0.2, 0.25) is 0 Å². The van der Waals surface area contributed by atoms with Gasteiger partial charge >= 0.3 is 5.69 Å². The third-order valence-corrected chi connectivity index (χ3v) is 5.58. The number of aromatic nitrogens is 5. The van der Waals surface area contributed by atoms with Crippen molar-refractivity contribution < 1.29 is 0 Å². The zero-order chi connectivity index (χ0) is 21.1. The molecule has 4 rings (SSSR count). The molecule has 8 heteroatoms. The van der Waals surface area contributed by atoms with Crippen molar-refractivity contribution in [2.75, 3.05) is 0 Å². The molecule has 0 saturated heterocycles. The van der Waals surface area contributed by atoms with Crippen molar-refractivity contribution in [3.63, 3.8) is 0 Å². The van der Waals surface area contributed by atoms with Gasteiger partial charge in [0.25, 0.3) is 5.56 Å². The monoisotopic (exact) mass is 419 g/mol. The van der Waals surface area contributed by atoms with Gasteiger partial charge in [-0.1, -0.05) is 53.7 Å². The quantitative estimate of drug-likeness (QED) is 0.468. The van der Waals surface area contributed by atoms with E-state index in [1.54, 1.807) is 11.8 Å². The Morgan fingerprint density at radius 1 is 0.933 bits per heavy atom. The first-order valence-corrected chi connectivity index (χ1v) is 10.5. The highest BCUT2D eigenvalue weighted by Crippen LogP contribution is 2.26. The molecule has 0 aliphatic rings. The summed E-state index contributed by atoms with van der Waals surface area (Å²) >= 11 is 1.60. The summed E-state index contributed by atoms with van der Waals surface area (Å²) in [5.74, 6) is 1.40. The number of hydrogen-bond acceptors (Lipinski definition) is 5. The lowest BCUT2D eigenvalue weighted by Crippen LogP contribution is -2.23. The second-order valence-electron chi connectivity index (χ2n) is 7.14. The molecule has 0 fully saturated rings. The molecule has 4 aromatic rings. The molecule has 0 aliphatic heterocycles. The summed E-state index contributed by atoms with van der Waals surface area (Å²) in [6, 6.07) is 17.8. The Labute approximate surface area is 177 Å². The molecule has 0 atom stereocenters. The second-order valence-corrected chi connectivity index (χ2v) is 8.08. The minimum atomic E-state index is -0.534. The van der Waals surface area contributed by atoms with Crippen molar-refractivity contribution in [2.24, 2.45) is 0 Å². The highest BCUT2D eigenvalue weighted by Gasteiger charge is 2.16. The van der Waals surface area contributed by atoms with Gasteiger partial charge in [-0.3, -0.25) is 14.3 Å². The topological polar surface area (TPSA) is 96.4 Å². The van der Waals surface area contributed by atoms with E-state index in [4.69, 9.17) is 0 Å². The summed E-state index contributed by atoms with van der Waals surface area (Å²) in [7, 11) is 0. The molecule has 0 saturated carbocycles. The number of aromatic amines is 2. The molecule has 0 spiro atoms. The molecule has 0 unspecified atom stereocenters. The van der Waals surface area contributed by atoms with E-state index in [0.29, 0.717) is 11.5 Å². The number of hydrogen-bond donors (Lipinski definition) is 2. The first kappa shape index (κ1) is 19.9. The Hall–Kier alpha value is -3.39. The van der Waals surface area contributed by atoms with Crippen molar-refractivity contribution in [2.45, 2.75) is 31.2 Å². The Morgan fingerprint density at radius 3 is 2.43 bits per heavy atom. The van der Waals surface area contributed by atoms with Gasteiger partial charge in [0.1, 0.15) is 5.82 Å². The van der Waals surface area contributed by atoms with Crippen molar-refractivity contribution in [3.05, 3.63) is 104 Å². The first-order valence-electron chi connectivity index (χ1n) is 9.50. The van der Waals surface area contributed by atoms with Gasteiger partial charge < -0.3 is 4.98 Å². The van der Waals surface area contributed by atoms with Gasteiger partial charge in [0, 0.05) is 29.6 Å². The van der Waals surface area contributed by atoms with Crippen LogP contribution in [0.25, 0.3) is 5.69 Å². The molecule has 152 valence electrons. The van der Waals surface area contributed by atoms with Gasteiger partial charge in [-0.15, -0.1) is 10.2 Å². The Kier molecular flexibility index (Phi) is 5.67. The molecule has 0 radical (unpaired) electrons. The normalized spacial score (nSPS) is 11.0. The average Bonchev–Trinajstić information content (AvgIpc) is 3.08. The minimum absolute atomic E-state index is 0.283. The predicted molar refractivity (Wildman–Crippen MR) is 117 cm³/mol. The first-order chi connectivity index (χ1) is 14.5. The largest absolute Gasteiger partial charge is 0.325 e. The zero-order valence-electron chi connectivity index (χ0n) is 16.7. The van der Waals surface area contributed by atoms with Crippen LogP contribution in [0.5, 0.6) is 0 Å². The maximum absolute atomic E-state index is 11.7. The maximum atomic E-state index is 11.7. The minimum Gasteiger partial charge on any atom is -0.311 e. The van der Waals surface area contributed by atoms with E-state index in [1.165, 1.54) is 17.2 Å². The number of aryl methyl sites for hydroxylation is 2. The molecule has 0 bridgehead atoms. The van der Waals surface area contributed by atoms with Crippen LogP contribution in [-0.2, 0) is 12.2 Å². The SMILES string of the molecule is Cc1cccc(CSc2nnc(Cc3cc(=O)[nH]c(=O)[nH]3)n2-c2cccc(C)c2)c1. The van der Waals surface area contributed by atoms with Crippen molar-refractivity contribution in [1.82, 2.24) is 24.7 Å². The van der Waals surface area contributed by atoms with Crippen LogP contribution >= 0.6 is 11.8 Å². The number of rotatable bonds is 6. The van der Waals surface area contributed by atoms with Crippen LogP contribution in [0.1, 0.15) is 28.2 Å². The zero-order valence-corrected chi connectivity index (χ0v) is 17.5. The van der Waals surface area contributed by atoms with Crippen molar-refractivity contribution >= 4 is 11.8 Å². The summed E-state index contributed by atoms with van der Waals surface area (Å²) < 4.78 is 1.98. The maximum Gasteiger partial charge on any atom is 0.325 e. The number of benzene rings is 2. The molecule has 2 N–H and O–H groups in total. The smallest absolute Gasteiger partial charge is 0.311 e. The van der Waals surface area contributed by atoms with Gasteiger partial charge in [0.2, 0.25) is 0 Å². The fraction of sp³-hybridized carbons (Fsp3) is 0.182. The fourth-order valence-electron chi connectivity index (χ4n) is 3.27. The third kappa shape index (κ3) is 4.60. The standard InChI is InChI=1S/C22H21N5O2S/c1-14-5-3-7-16(9-14)13-30-22-26-25-19(11-17-12-20(28)24-21(29)23-17)27(22)18-8-4-6-15(2)10-18/h3-10,12H,11,13H2,1-2H3,(H2,23,24,28,29). The number of H-pyrrole nitrogens is 2. The van der Waals surface area contributed by atoms with E-state index in [1.807, 2.05) is 35.8 Å². The van der Waals surface area contributed by atoms with E-state index in [-0.39, 0.29) is 6.42 Å². The average molecular weight is 420 g/mol. The molecule has 0 amide bonds. The van der Waals surface area contributed by atoms with Crippen LogP contribution in [0.3, 0.4) is 0 Å². The Morgan fingerprint density at radius 2 is 1.70 bits per heavy atom. The summed E-state index contributed by atoms with van der Waals surface area (Å²) in [6.45, 7) is 4.10. The van der Waals surface area contributed by atoms with E-state index in [9.17, 15) is 9.59 Å². The summed E-state index contributed by atoms with van der Waals surface area (Å²) in [4.78, 5) is 28.2. The van der Waals surface area contributed by atoms with Gasteiger partial charge in [-0.2, -0.15) is 0 Å². The number of nitrogens with zero attached hydrogens (tertiary/aromatic N) is 3. The lowest BCUT2D eigenvalue weighted by Gasteiger charge is -2.11. The van der Waals surface area contributed by atoms with Crippen LogP contribution in [0.15, 0.2) is 69.3 Å². The van der Waals surface area contributed by atoms with Crippen LogP contribution in [-0.4, -0.2) is 24.7 Å². The summed E-state index contributed by atoms with van der Waals surface area (Å²) in [5.41, 5.74) is 3.99. The van der Waals surface area contributed by atoms with Crippen LogP contribution in [0, 0.1) is 13.8 Å². The van der Waals surface area contributed by atoms with Gasteiger partial charge in [-0.25, -0.2) is 4.79 Å². The van der Waals surface area contributed by atoms with Gasteiger partial charge in [-0.05, 0) is 37.1 Å². The molecule has 2 aromatic heterocycles. The third-order valence-electron chi connectivity index (χ3n) is 4.58. The van der Waals surface area contributed by atoms with Crippen molar-refractivity contribution in [1.29, 1.82) is 0 Å². The molecular weight excluding hydrogens is 398 g/mol. The van der Waals surface area contributed by atoms with E-state index < -0.39 is 11.2 Å². The lowest BCUT2D eigenvalue weighted by molar-refractivity contribution is 0.828. The number of thioether (sulfide) groups is 1. The van der Waals surface area contributed by atoms with Gasteiger partial charge in [0.15, 0.2) is 5.16 Å². The van der Waals surface area contributed by atoms with Gasteiger partial charge in [0.05, 0.1) is 0 Å². The fourth-order valence-corrected chi connectivity index (χ4v) is 4.18. The number of nitrogens with one attached hydrogen (secondary N) is 2. The molecule has 7 nitrogen and oxygen atoms in total. The molecule has 0 aliphatic carbocycles. The predicted octanol–water partition coefficient (Wildman–Crippen LogP) is 3.14. The van der Waals surface area contributed by atoms with E-state index >= 15 is 0 Å². The van der Waals surface area contributed by atoms with E-state index in [2.05, 4.69) is 51.4 Å². The molecular formula is C22H21N5O2S. The Bertz CT molecular complexity index is 1280. The summed E-state index contributed by atoms with van der Waals surface area (Å²) in [6.07, 6.45) is 0.283.